The summed E-state index contributed by atoms with van der Waals surface area (Å²) in [5.41, 5.74) is 0.643. The first-order valence-electron chi connectivity index (χ1n) is 12.2. The van der Waals surface area contributed by atoms with Crippen LogP contribution in [0.5, 0.6) is 0 Å². The molecule has 8 nitrogen and oxygen atoms in total. The number of benzene rings is 1. The van der Waals surface area contributed by atoms with Crippen LogP contribution in [0, 0.1) is 5.92 Å². The van der Waals surface area contributed by atoms with Crippen LogP contribution in [0.1, 0.15) is 72.9 Å². The van der Waals surface area contributed by atoms with Crippen molar-refractivity contribution in [3.8, 4) is 0 Å². The normalized spacial score (nSPS) is 12.6. The number of ketones is 1. The van der Waals surface area contributed by atoms with Crippen molar-refractivity contribution in [2.45, 2.75) is 64.3 Å². The van der Waals surface area contributed by atoms with Gasteiger partial charge in [-0.1, -0.05) is 33.6 Å². The van der Waals surface area contributed by atoms with E-state index in [0.29, 0.717) is 29.7 Å². The molecule has 0 spiro atoms. The zero-order valence-electron chi connectivity index (χ0n) is 21.4. The minimum Gasteiger partial charge on any atom is -0.468 e. The minimum atomic E-state index is -0.800. The smallest absolute Gasteiger partial charge is 0.337 e. The molecular formula is C27H36N2O6S. The maximum atomic E-state index is 13.2. The molecule has 0 bridgehead atoms. The average molecular weight is 517 g/mol. The van der Waals surface area contributed by atoms with Gasteiger partial charge in [0, 0.05) is 5.56 Å². The maximum Gasteiger partial charge on any atom is 0.337 e. The highest BCUT2D eigenvalue weighted by Crippen LogP contribution is 2.15. The number of hydrogen-bond donors (Lipinski definition) is 2. The van der Waals surface area contributed by atoms with Gasteiger partial charge in [-0.05, 0) is 55.2 Å². The number of nitrogens with one attached hydrogen (secondary N) is 2. The van der Waals surface area contributed by atoms with E-state index in [1.165, 1.54) is 43.1 Å². The second-order valence-corrected chi connectivity index (χ2v) is 9.95. The summed E-state index contributed by atoms with van der Waals surface area (Å²) in [4.78, 5) is 50.6. The molecule has 36 heavy (non-hydrogen) atoms. The Morgan fingerprint density at radius 1 is 1.00 bits per heavy atom. The van der Waals surface area contributed by atoms with Gasteiger partial charge in [-0.3, -0.25) is 14.4 Å². The van der Waals surface area contributed by atoms with Crippen LogP contribution in [-0.2, 0) is 20.1 Å². The molecule has 2 aromatic rings. The number of thioether (sulfide) groups is 1. The molecule has 1 aromatic heterocycles. The summed E-state index contributed by atoms with van der Waals surface area (Å²) in [5.74, 6) is 0.395. The van der Waals surface area contributed by atoms with Crippen molar-refractivity contribution < 1.29 is 28.3 Å². The van der Waals surface area contributed by atoms with E-state index in [1.54, 1.807) is 12.3 Å². The molecule has 0 aliphatic rings. The molecule has 196 valence electrons. The van der Waals surface area contributed by atoms with Gasteiger partial charge in [0.25, 0.3) is 5.91 Å². The van der Waals surface area contributed by atoms with Gasteiger partial charge in [0.05, 0.1) is 36.5 Å². The van der Waals surface area contributed by atoms with Crippen LogP contribution in [0.15, 0.2) is 47.1 Å². The van der Waals surface area contributed by atoms with Crippen LogP contribution in [0.3, 0.4) is 0 Å². The third kappa shape index (κ3) is 9.53. The molecule has 1 heterocycles. The molecule has 9 heteroatoms. The van der Waals surface area contributed by atoms with Crippen molar-refractivity contribution in [2.75, 3.05) is 12.9 Å². The van der Waals surface area contributed by atoms with Gasteiger partial charge in [-0.15, -0.1) is 11.8 Å². The largest absolute Gasteiger partial charge is 0.468 e. The SMILES string of the molecule is CCCC[C@H](NC(=O)[C@H](CC(C)C)NC(=O)c1ccc(C(=O)OC)cc1)C(=O)CSCc1ccco1. The van der Waals surface area contributed by atoms with E-state index in [9.17, 15) is 19.2 Å². The zero-order valence-corrected chi connectivity index (χ0v) is 22.2. The molecule has 2 rings (SSSR count). The van der Waals surface area contributed by atoms with Gasteiger partial charge >= 0.3 is 5.97 Å². The highest BCUT2D eigenvalue weighted by Gasteiger charge is 2.27. The fourth-order valence-corrected chi connectivity index (χ4v) is 4.43. The summed E-state index contributed by atoms with van der Waals surface area (Å²) >= 11 is 1.44. The number of rotatable bonds is 15. The van der Waals surface area contributed by atoms with E-state index in [-0.39, 0.29) is 23.4 Å². The molecule has 0 radical (unpaired) electrons. The number of esters is 1. The Labute approximate surface area is 216 Å². The summed E-state index contributed by atoms with van der Waals surface area (Å²) in [7, 11) is 1.29. The Hall–Kier alpha value is -3.07. The number of unbranched alkanes of at least 4 members (excludes halogenated alkanes) is 1. The van der Waals surface area contributed by atoms with E-state index in [4.69, 9.17) is 4.42 Å². The van der Waals surface area contributed by atoms with Crippen molar-refractivity contribution in [3.63, 3.8) is 0 Å². The molecule has 0 aliphatic carbocycles. The van der Waals surface area contributed by atoms with Gasteiger partial charge in [-0.2, -0.15) is 0 Å². The van der Waals surface area contributed by atoms with E-state index in [2.05, 4.69) is 15.4 Å². The van der Waals surface area contributed by atoms with Crippen molar-refractivity contribution >= 4 is 35.3 Å². The van der Waals surface area contributed by atoms with Gasteiger partial charge in [0.2, 0.25) is 5.91 Å². The lowest BCUT2D eigenvalue weighted by Gasteiger charge is -2.24. The average Bonchev–Trinajstić information content (AvgIpc) is 3.38. The number of carbonyl (C=O) groups excluding carboxylic acids is 4. The Kier molecular flexibility index (Phi) is 12.3. The van der Waals surface area contributed by atoms with Crippen molar-refractivity contribution in [1.82, 2.24) is 10.6 Å². The first kappa shape index (κ1) is 29.2. The van der Waals surface area contributed by atoms with Crippen molar-refractivity contribution in [3.05, 3.63) is 59.5 Å². The molecule has 1 aromatic carbocycles. The lowest BCUT2D eigenvalue weighted by atomic mass is 10.0. The first-order chi connectivity index (χ1) is 17.2. The molecule has 2 atom stereocenters. The monoisotopic (exact) mass is 516 g/mol. The quantitative estimate of drug-likeness (QED) is 0.338. The molecule has 0 saturated carbocycles. The highest BCUT2D eigenvalue weighted by atomic mass is 32.2. The third-order valence-corrected chi connectivity index (χ3v) is 6.49. The molecule has 0 saturated heterocycles. The third-order valence-electron chi connectivity index (χ3n) is 5.52. The topological polar surface area (TPSA) is 115 Å². The Morgan fingerprint density at radius 2 is 1.69 bits per heavy atom. The summed E-state index contributed by atoms with van der Waals surface area (Å²) in [5, 5.41) is 5.68. The van der Waals surface area contributed by atoms with Crippen molar-refractivity contribution in [1.29, 1.82) is 0 Å². The minimum absolute atomic E-state index is 0.0543. The molecular weight excluding hydrogens is 480 g/mol. The van der Waals surface area contributed by atoms with Crippen molar-refractivity contribution in [2.24, 2.45) is 5.92 Å². The summed E-state index contributed by atoms with van der Waals surface area (Å²) < 4.78 is 9.98. The molecule has 0 aliphatic heterocycles. The first-order valence-corrected chi connectivity index (χ1v) is 13.3. The number of methoxy groups -OCH3 is 1. The zero-order chi connectivity index (χ0) is 26.5. The van der Waals surface area contributed by atoms with Crippen LogP contribution >= 0.6 is 11.8 Å². The van der Waals surface area contributed by atoms with Gasteiger partial charge in [0.15, 0.2) is 5.78 Å². The summed E-state index contributed by atoms with van der Waals surface area (Å²) in [6.07, 6.45) is 4.25. The standard InChI is InChI=1S/C27H36N2O6S/c1-5-6-9-22(24(30)17-36-16-21-8-7-14-35-21)28-26(32)23(15-18(2)3)29-25(31)19-10-12-20(13-11-19)27(33)34-4/h7-8,10-14,18,22-23H,5-6,9,15-17H2,1-4H3,(H,28,32)(H,29,31)/t22-,23-/m0/s1. The summed E-state index contributed by atoms with van der Waals surface area (Å²) in [6, 6.07) is 8.26. The number of hydrogen-bond acceptors (Lipinski definition) is 7. The predicted octanol–water partition coefficient (Wildman–Crippen LogP) is 4.39. The van der Waals surface area contributed by atoms with Crippen LogP contribution in [0.25, 0.3) is 0 Å². The highest BCUT2D eigenvalue weighted by molar-refractivity contribution is 7.99. The number of amides is 2. The number of Topliss-reactive ketones (excluding diaryl/α,β-unsaturated/α-hetero) is 1. The number of ether oxygens (including phenoxy) is 1. The fourth-order valence-electron chi connectivity index (χ4n) is 3.56. The number of carbonyl (C=O) groups is 4. The van der Waals surface area contributed by atoms with Crippen LogP contribution in [0.2, 0.25) is 0 Å². The Bertz CT molecular complexity index is 988. The van der Waals surface area contributed by atoms with E-state index in [1.807, 2.05) is 26.8 Å². The van der Waals surface area contributed by atoms with Gasteiger partial charge < -0.3 is 19.8 Å². The lowest BCUT2D eigenvalue weighted by Crippen LogP contribution is -2.52. The Balaban J connectivity index is 2.04. The molecule has 2 N–H and O–H groups in total. The predicted molar refractivity (Wildman–Crippen MR) is 140 cm³/mol. The van der Waals surface area contributed by atoms with E-state index < -0.39 is 24.0 Å². The molecule has 0 fully saturated rings. The van der Waals surface area contributed by atoms with Gasteiger partial charge in [0.1, 0.15) is 11.8 Å². The van der Waals surface area contributed by atoms with Crippen LogP contribution in [0.4, 0.5) is 0 Å². The second-order valence-electron chi connectivity index (χ2n) is 8.97. The van der Waals surface area contributed by atoms with E-state index in [0.717, 1.165) is 18.6 Å². The molecule has 2 amide bonds. The maximum absolute atomic E-state index is 13.2. The Morgan fingerprint density at radius 3 is 2.28 bits per heavy atom. The van der Waals surface area contributed by atoms with E-state index >= 15 is 0 Å². The number of furan rings is 1. The summed E-state index contributed by atoms with van der Waals surface area (Å²) in [6.45, 7) is 5.95. The fraction of sp³-hybridized carbons (Fsp3) is 0.481. The lowest BCUT2D eigenvalue weighted by molar-refractivity contribution is -0.128. The van der Waals surface area contributed by atoms with Crippen LogP contribution < -0.4 is 10.6 Å². The van der Waals surface area contributed by atoms with Crippen LogP contribution in [-0.4, -0.2) is 48.5 Å². The second kappa shape index (κ2) is 15.1. The van der Waals surface area contributed by atoms with Gasteiger partial charge in [-0.25, -0.2) is 4.79 Å². The molecule has 0 unspecified atom stereocenters.